The normalized spacial score (nSPS) is 27.9. The minimum absolute atomic E-state index is 0.00124. The Balaban J connectivity index is 1.78. The van der Waals surface area contributed by atoms with Crippen molar-refractivity contribution in [1.29, 1.82) is 0 Å². The molecule has 8 N–H and O–H groups in total. The summed E-state index contributed by atoms with van der Waals surface area (Å²) in [5.41, 5.74) is 6.04. The van der Waals surface area contributed by atoms with Gasteiger partial charge in [-0.1, -0.05) is 0 Å². The number of aliphatic hydroxyl groups is 2. The Morgan fingerprint density at radius 1 is 1.25 bits per heavy atom. The van der Waals surface area contributed by atoms with E-state index in [2.05, 4.69) is 20.0 Å². The molecule has 0 saturated carbocycles. The minimum atomic E-state index is -4.74. The van der Waals surface area contributed by atoms with Crippen molar-refractivity contribution in [2.75, 3.05) is 18.2 Å². The maximum Gasteiger partial charge on any atom is 0.336 e. The molecular weight excluding hydrogens is 442 g/mol. The quantitative estimate of drug-likeness (QED) is 0.195. The van der Waals surface area contributed by atoms with Crippen molar-refractivity contribution in [2.24, 2.45) is 0 Å². The number of imidazole rings is 1. The molecule has 28 heavy (non-hydrogen) atoms. The molecule has 1 saturated heterocycles. The first-order valence-corrected chi connectivity index (χ1v) is 11.7. The fraction of sp³-hybridized carbons (Fsp3) is 0.545. The SMILES string of the molecule is Nc1nc(Cl)nc2c1ncn2[C@@H]1O[C@H](CNP(=O)(O)CP(=O)(O)O)C(O)C1O. The van der Waals surface area contributed by atoms with Crippen LogP contribution in [-0.4, -0.2) is 75.2 Å². The molecule has 0 aliphatic carbocycles. The molecule has 0 aromatic carbocycles. The van der Waals surface area contributed by atoms with Crippen molar-refractivity contribution >= 4 is 43.7 Å². The summed E-state index contributed by atoms with van der Waals surface area (Å²) in [6.07, 6.45) is -4.08. The third kappa shape index (κ3) is 4.52. The number of aliphatic hydroxyl groups excluding tert-OH is 2. The molecule has 0 radical (unpaired) electrons. The van der Waals surface area contributed by atoms with Gasteiger partial charge in [0.2, 0.25) is 5.28 Å². The number of hydrogen-bond acceptors (Lipinski definition) is 9. The fourth-order valence-electron chi connectivity index (χ4n) is 2.76. The van der Waals surface area contributed by atoms with Crippen LogP contribution >= 0.6 is 26.7 Å². The molecule has 156 valence electrons. The van der Waals surface area contributed by atoms with Crippen LogP contribution in [0.3, 0.4) is 0 Å². The molecule has 3 heterocycles. The van der Waals surface area contributed by atoms with E-state index in [4.69, 9.17) is 31.9 Å². The molecule has 17 heteroatoms. The van der Waals surface area contributed by atoms with Gasteiger partial charge in [0.15, 0.2) is 17.7 Å². The number of halogens is 1. The second-order valence-electron chi connectivity index (χ2n) is 6.12. The molecule has 0 bridgehead atoms. The van der Waals surface area contributed by atoms with Crippen LogP contribution < -0.4 is 10.8 Å². The van der Waals surface area contributed by atoms with Crippen molar-refractivity contribution in [3.63, 3.8) is 0 Å². The number of anilines is 1. The molecule has 2 aromatic rings. The lowest BCUT2D eigenvalue weighted by molar-refractivity contribution is -0.0331. The average Bonchev–Trinajstić information content (AvgIpc) is 3.06. The summed E-state index contributed by atoms with van der Waals surface area (Å²) in [5, 5.41) is 22.4. The third-order valence-electron chi connectivity index (χ3n) is 3.95. The first kappa shape index (κ1) is 21.5. The highest BCUT2D eigenvalue weighted by Crippen LogP contribution is 2.52. The Bertz CT molecular complexity index is 983. The summed E-state index contributed by atoms with van der Waals surface area (Å²) in [6.45, 7) is -0.465. The molecule has 1 aliphatic heterocycles. The number of hydrogen-bond donors (Lipinski definition) is 7. The standard InChI is InChI=1S/C11H17ClN6O8P2/c12-11-16-8(13)5-9(17-11)18(2-14-5)10-7(20)6(19)4(26-10)1-15-27(21,22)3-28(23,24)25/h2,4,6-7,10,19-20H,1,3H2,(H2,13,16,17)(H2,15,21,22)(H2,23,24,25)/t4-,6?,7?,10-/m1/s1. The van der Waals surface area contributed by atoms with Gasteiger partial charge in [0.1, 0.15) is 29.7 Å². The highest BCUT2D eigenvalue weighted by atomic mass is 35.5. The Morgan fingerprint density at radius 3 is 2.57 bits per heavy atom. The zero-order valence-electron chi connectivity index (χ0n) is 13.9. The number of fused-ring (bicyclic) bond motifs is 1. The van der Waals surface area contributed by atoms with Gasteiger partial charge in [0, 0.05) is 6.54 Å². The van der Waals surface area contributed by atoms with Gasteiger partial charge < -0.3 is 35.4 Å². The fourth-order valence-corrected chi connectivity index (χ4v) is 5.79. The number of nitrogens with two attached hydrogens (primary N) is 1. The maximum atomic E-state index is 11.8. The zero-order valence-corrected chi connectivity index (χ0v) is 16.4. The molecule has 0 amide bonds. The van der Waals surface area contributed by atoms with Gasteiger partial charge in [0.05, 0.1) is 6.33 Å². The van der Waals surface area contributed by atoms with Crippen LogP contribution in [0.15, 0.2) is 6.33 Å². The van der Waals surface area contributed by atoms with Crippen molar-refractivity contribution in [3.8, 4) is 0 Å². The summed E-state index contributed by atoms with van der Waals surface area (Å²) in [6, 6.07) is 0. The summed E-state index contributed by atoms with van der Waals surface area (Å²) < 4.78 is 29.5. The van der Waals surface area contributed by atoms with Gasteiger partial charge in [-0.15, -0.1) is 0 Å². The number of nitrogens with zero attached hydrogens (tertiary/aromatic N) is 4. The van der Waals surface area contributed by atoms with E-state index in [1.807, 2.05) is 0 Å². The van der Waals surface area contributed by atoms with E-state index < -0.39 is 52.1 Å². The Labute approximate surface area is 162 Å². The second-order valence-corrected chi connectivity index (χ2v) is 10.6. The molecular formula is C11H17ClN6O8P2. The highest BCUT2D eigenvalue weighted by molar-refractivity contribution is 7.71. The Kier molecular flexibility index (Phi) is 5.82. The zero-order chi connectivity index (χ0) is 20.9. The predicted molar refractivity (Wildman–Crippen MR) is 95.4 cm³/mol. The Hall–Kier alpha value is -1.18. The molecule has 3 unspecified atom stereocenters. The number of ether oxygens (including phenoxy) is 1. The topological polar surface area (TPSA) is 226 Å². The number of rotatable bonds is 6. The number of nitrogen functional groups attached to an aromatic ring is 1. The first-order chi connectivity index (χ1) is 12.9. The molecule has 1 aliphatic rings. The van der Waals surface area contributed by atoms with Crippen LogP contribution in [0.1, 0.15) is 6.23 Å². The summed E-state index contributed by atoms with van der Waals surface area (Å²) in [7, 11) is -9.15. The largest absolute Gasteiger partial charge is 0.387 e. The number of nitrogens with one attached hydrogen (secondary N) is 1. The lowest BCUT2D eigenvalue weighted by Crippen LogP contribution is -2.37. The van der Waals surface area contributed by atoms with Crippen molar-refractivity contribution in [1.82, 2.24) is 24.6 Å². The van der Waals surface area contributed by atoms with Crippen molar-refractivity contribution < 1.29 is 38.8 Å². The van der Waals surface area contributed by atoms with Gasteiger partial charge >= 0.3 is 7.60 Å². The Morgan fingerprint density at radius 2 is 1.93 bits per heavy atom. The molecule has 0 spiro atoms. The van der Waals surface area contributed by atoms with E-state index >= 15 is 0 Å². The molecule has 1 fully saturated rings. The predicted octanol–water partition coefficient (Wildman–Crippen LogP) is -1.41. The smallest absolute Gasteiger partial charge is 0.336 e. The highest BCUT2D eigenvalue weighted by Gasteiger charge is 2.45. The van der Waals surface area contributed by atoms with E-state index in [9.17, 15) is 24.2 Å². The first-order valence-electron chi connectivity index (χ1n) is 7.66. The summed E-state index contributed by atoms with van der Waals surface area (Å²) >= 11 is 5.78. The second kappa shape index (κ2) is 7.58. The van der Waals surface area contributed by atoms with Crippen LogP contribution in [-0.2, 0) is 13.9 Å². The van der Waals surface area contributed by atoms with Crippen LogP contribution in [0, 0.1) is 0 Å². The molecule has 5 atom stereocenters. The molecule has 14 nitrogen and oxygen atoms in total. The van der Waals surface area contributed by atoms with E-state index in [-0.39, 0.29) is 22.3 Å². The van der Waals surface area contributed by atoms with Crippen LogP contribution in [0.25, 0.3) is 11.2 Å². The summed E-state index contributed by atoms with van der Waals surface area (Å²) in [4.78, 5) is 39.0. The van der Waals surface area contributed by atoms with E-state index in [0.717, 1.165) is 0 Å². The van der Waals surface area contributed by atoms with Crippen LogP contribution in [0.4, 0.5) is 5.82 Å². The lowest BCUT2D eigenvalue weighted by atomic mass is 10.1. The van der Waals surface area contributed by atoms with E-state index in [0.29, 0.717) is 0 Å². The van der Waals surface area contributed by atoms with Crippen molar-refractivity contribution in [2.45, 2.75) is 24.5 Å². The number of aromatic nitrogens is 4. The minimum Gasteiger partial charge on any atom is -0.387 e. The van der Waals surface area contributed by atoms with Crippen LogP contribution in [0.2, 0.25) is 5.28 Å². The maximum absolute atomic E-state index is 11.8. The average molecular weight is 459 g/mol. The van der Waals surface area contributed by atoms with Gasteiger partial charge in [-0.05, 0) is 11.6 Å². The summed E-state index contributed by atoms with van der Waals surface area (Å²) in [5.74, 6) is -1.28. The molecule has 3 rings (SSSR count). The third-order valence-corrected chi connectivity index (χ3v) is 7.80. The van der Waals surface area contributed by atoms with Gasteiger partial charge in [-0.25, -0.2) is 10.1 Å². The van der Waals surface area contributed by atoms with Gasteiger partial charge in [0.25, 0.3) is 7.52 Å². The van der Waals surface area contributed by atoms with E-state index in [1.54, 1.807) is 0 Å². The van der Waals surface area contributed by atoms with Gasteiger partial charge in [-0.2, -0.15) is 9.97 Å². The van der Waals surface area contributed by atoms with Crippen molar-refractivity contribution in [3.05, 3.63) is 11.6 Å². The van der Waals surface area contributed by atoms with E-state index in [1.165, 1.54) is 10.9 Å². The van der Waals surface area contributed by atoms with Gasteiger partial charge in [-0.3, -0.25) is 13.7 Å². The molecule has 2 aromatic heterocycles. The lowest BCUT2D eigenvalue weighted by Gasteiger charge is -2.19. The monoisotopic (exact) mass is 458 g/mol. The van der Waals surface area contributed by atoms with Crippen LogP contribution in [0.5, 0.6) is 0 Å².